The highest BCUT2D eigenvalue weighted by molar-refractivity contribution is 5.81. The summed E-state index contributed by atoms with van der Waals surface area (Å²) in [6.07, 6.45) is 0.167. The molecule has 1 unspecified atom stereocenters. The van der Waals surface area contributed by atoms with Crippen molar-refractivity contribution in [3.05, 3.63) is 66.2 Å². The van der Waals surface area contributed by atoms with Gasteiger partial charge in [0, 0.05) is 18.8 Å². The van der Waals surface area contributed by atoms with Crippen molar-refractivity contribution in [3.8, 4) is 0 Å². The van der Waals surface area contributed by atoms with Gasteiger partial charge in [-0.05, 0) is 31.0 Å². The van der Waals surface area contributed by atoms with Gasteiger partial charge in [0.25, 0.3) is 0 Å². The van der Waals surface area contributed by atoms with Gasteiger partial charge in [-0.2, -0.15) is 0 Å². The lowest BCUT2D eigenvalue weighted by atomic mass is 10.2. The first-order valence-corrected chi connectivity index (χ1v) is 7.94. The maximum atomic E-state index is 12.2. The molecule has 0 aliphatic carbocycles. The monoisotopic (exact) mass is 312 g/mol. The number of carbonyl (C=O) groups is 1. The number of para-hydroxylation sites is 1. The Morgan fingerprint density at radius 3 is 2.30 bits per heavy atom. The van der Waals surface area contributed by atoms with E-state index < -0.39 is 6.10 Å². The Morgan fingerprint density at radius 2 is 1.70 bits per heavy atom. The third-order valence-corrected chi connectivity index (χ3v) is 3.56. The first-order valence-electron chi connectivity index (χ1n) is 7.94. The van der Waals surface area contributed by atoms with E-state index in [0.717, 1.165) is 11.3 Å². The van der Waals surface area contributed by atoms with Crippen LogP contribution in [0.5, 0.6) is 0 Å². The number of carbonyl (C=O) groups excluding carboxylic acids is 1. The summed E-state index contributed by atoms with van der Waals surface area (Å²) in [5.41, 5.74) is 2.18. The number of anilines is 1. The van der Waals surface area contributed by atoms with E-state index >= 15 is 0 Å². The van der Waals surface area contributed by atoms with Crippen molar-refractivity contribution in [3.63, 3.8) is 0 Å². The van der Waals surface area contributed by atoms with Gasteiger partial charge in [-0.1, -0.05) is 48.5 Å². The second-order valence-corrected chi connectivity index (χ2v) is 5.66. The van der Waals surface area contributed by atoms with E-state index in [2.05, 4.69) is 17.4 Å². The minimum atomic E-state index is -0.398. The van der Waals surface area contributed by atoms with Crippen LogP contribution in [0.3, 0.4) is 0 Å². The molecular formula is C19H24N2O2. The van der Waals surface area contributed by atoms with Crippen molar-refractivity contribution in [2.24, 2.45) is 0 Å². The number of aliphatic hydroxyl groups is 1. The molecule has 0 saturated carbocycles. The van der Waals surface area contributed by atoms with Crippen LogP contribution in [0.25, 0.3) is 0 Å². The fourth-order valence-electron chi connectivity index (χ4n) is 2.33. The Bertz CT molecular complexity index is 585. The summed E-state index contributed by atoms with van der Waals surface area (Å²) in [6.45, 7) is 3.18. The molecule has 2 aromatic rings. The second-order valence-electron chi connectivity index (χ2n) is 5.66. The summed E-state index contributed by atoms with van der Waals surface area (Å²) in [7, 11) is 0. The molecule has 2 rings (SSSR count). The third kappa shape index (κ3) is 6.12. The zero-order valence-corrected chi connectivity index (χ0v) is 13.5. The van der Waals surface area contributed by atoms with Crippen LogP contribution in [-0.4, -0.2) is 30.2 Å². The Morgan fingerprint density at radius 1 is 1.09 bits per heavy atom. The van der Waals surface area contributed by atoms with Gasteiger partial charge in [-0.3, -0.25) is 4.79 Å². The highest BCUT2D eigenvalue weighted by Gasteiger charge is 2.12. The van der Waals surface area contributed by atoms with Crippen LogP contribution >= 0.6 is 0 Å². The summed E-state index contributed by atoms with van der Waals surface area (Å²) < 4.78 is 0. The highest BCUT2D eigenvalue weighted by Crippen LogP contribution is 2.16. The van der Waals surface area contributed by atoms with Crippen LogP contribution < -0.4 is 10.2 Å². The van der Waals surface area contributed by atoms with Crippen molar-refractivity contribution in [2.75, 3.05) is 18.0 Å². The molecular weight excluding hydrogens is 288 g/mol. The molecule has 1 amide bonds. The van der Waals surface area contributed by atoms with Crippen LogP contribution in [0.4, 0.5) is 5.69 Å². The summed E-state index contributed by atoms with van der Waals surface area (Å²) in [5, 5.41) is 12.1. The van der Waals surface area contributed by atoms with Gasteiger partial charge in [0.05, 0.1) is 12.6 Å². The molecule has 23 heavy (non-hydrogen) atoms. The Labute approximate surface area is 137 Å². The van der Waals surface area contributed by atoms with Crippen LogP contribution in [0, 0.1) is 0 Å². The number of nitrogens with zero attached hydrogens (tertiary/aromatic N) is 1. The van der Waals surface area contributed by atoms with E-state index in [9.17, 15) is 9.90 Å². The number of nitrogens with one attached hydrogen (secondary N) is 1. The zero-order chi connectivity index (χ0) is 16.5. The van der Waals surface area contributed by atoms with Gasteiger partial charge in [-0.25, -0.2) is 0 Å². The SMILES string of the molecule is CC(O)CCNC(=O)CN(Cc1ccccc1)c1ccccc1. The molecule has 4 nitrogen and oxygen atoms in total. The van der Waals surface area contributed by atoms with Gasteiger partial charge in [-0.15, -0.1) is 0 Å². The molecule has 0 aliphatic rings. The van der Waals surface area contributed by atoms with E-state index in [-0.39, 0.29) is 5.91 Å². The number of amides is 1. The maximum absolute atomic E-state index is 12.2. The predicted octanol–water partition coefficient (Wildman–Crippen LogP) is 2.58. The number of rotatable bonds is 8. The third-order valence-electron chi connectivity index (χ3n) is 3.56. The van der Waals surface area contributed by atoms with Crippen LogP contribution in [0.1, 0.15) is 18.9 Å². The highest BCUT2D eigenvalue weighted by atomic mass is 16.3. The average molecular weight is 312 g/mol. The molecule has 1 atom stereocenters. The summed E-state index contributed by atoms with van der Waals surface area (Å²) in [6, 6.07) is 20.0. The van der Waals surface area contributed by atoms with Crippen molar-refractivity contribution < 1.29 is 9.90 Å². The molecule has 0 radical (unpaired) electrons. The average Bonchev–Trinajstić information content (AvgIpc) is 2.56. The standard InChI is InChI=1S/C19H24N2O2/c1-16(22)12-13-20-19(23)15-21(18-10-6-3-7-11-18)14-17-8-4-2-5-9-17/h2-11,16,22H,12-15H2,1H3,(H,20,23). The lowest BCUT2D eigenvalue weighted by Gasteiger charge is -2.24. The van der Waals surface area contributed by atoms with Gasteiger partial charge < -0.3 is 15.3 Å². The zero-order valence-electron chi connectivity index (χ0n) is 13.5. The molecule has 0 heterocycles. The number of aliphatic hydroxyl groups excluding tert-OH is 1. The van der Waals surface area contributed by atoms with Crippen molar-refractivity contribution in [1.82, 2.24) is 5.32 Å². The lowest BCUT2D eigenvalue weighted by Crippen LogP contribution is -2.38. The van der Waals surface area contributed by atoms with E-state index in [4.69, 9.17) is 0 Å². The Hall–Kier alpha value is -2.33. The number of benzene rings is 2. The smallest absolute Gasteiger partial charge is 0.239 e. The van der Waals surface area contributed by atoms with Crippen LogP contribution in [0.2, 0.25) is 0 Å². The molecule has 0 fully saturated rings. The van der Waals surface area contributed by atoms with E-state index in [1.54, 1.807) is 6.92 Å². The van der Waals surface area contributed by atoms with Crippen LogP contribution in [-0.2, 0) is 11.3 Å². The lowest BCUT2D eigenvalue weighted by molar-refractivity contribution is -0.119. The molecule has 0 bridgehead atoms. The molecule has 2 aromatic carbocycles. The van der Waals surface area contributed by atoms with Gasteiger partial charge in [0.1, 0.15) is 0 Å². The largest absolute Gasteiger partial charge is 0.393 e. The minimum absolute atomic E-state index is 0.0366. The molecule has 0 spiro atoms. The van der Waals surface area contributed by atoms with E-state index in [0.29, 0.717) is 26.1 Å². The topological polar surface area (TPSA) is 52.6 Å². The summed E-state index contributed by atoms with van der Waals surface area (Å²) in [4.78, 5) is 14.2. The molecule has 0 aromatic heterocycles. The van der Waals surface area contributed by atoms with Gasteiger partial charge >= 0.3 is 0 Å². The Balaban J connectivity index is 2.01. The van der Waals surface area contributed by atoms with E-state index in [1.165, 1.54) is 0 Å². The maximum Gasteiger partial charge on any atom is 0.239 e. The molecule has 2 N–H and O–H groups in total. The molecule has 4 heteroatoms. The predicted molar refractivity (Wildman–Crippen MR) is 93.2 cm³/mol. The fraction of sp³-hybridized carbons (Fsp3) is 0.316. The molecule has 0 saturated heterocycles. The minimum Gasteiger partial charge on any atom is -0.393 e. The fourth-order valence-corrected chi connectivity index (χ4v) is 2.33. The molecule has 0 aliphatic heterocycles. The normalized spacial score (nSPS) is 11.7. The second kappa shape index (κ2) is 8.96. The summed E-state index contributed by atoms with van der Waals surface area (Å²) >= 11 is 0. The number of hydrogen-bond acceptors (Lipinski definition) is 3. The number of hydrogen-bond donors (Lipinski definition) is 2. The Kier molecular flexibility index (Phi) is 6.63. The van der Waals surface area contributed by atoms with Crippen molar-refractivity contribution in [1.29, 1.82) is 0 Å². The van der Waals surface area contributed by atoms with Crippen LogP contribution in [0.15, 0.2) is 60.7 Å². The van der Waals surface area contributed by atoms with Crippen molar-refractivity contribution in [2.45, 2.75) is 26.0 Å². The van der Waals surface area contributed by atoms with Gasteiger partial charge in [0.2, 0.25) is 5.91 Å². The quantitative estimate of drug-likeness (QED) is 0.788. The summed E-state index contributed by atoms with van der Waals surface area (Å²) in [5.74, 6) is -0.0366. The first-order chi connectivity index (χ1) is 11.1. The van der Waals surface area contributed by atoms with E-state index in [1.807, 2.05) is 53.4 Å². The molecule has 122 valence electrons. The van der Waals surface area contributed by atoms with Gasteiger partial charge in [0.15, 0.2) is 0 Å². The first kappa shape index (κ1) is 17.0. The van der Waals surface area contributed by atoms with Crippen molar-refractivity contribution >= 4 is 11.6 Å².